The van der Waals surface area contributed by atoms with Crippen molar-refractivity contribution < 1.29 is 19.0 Å². The molecule has 1 aromatic heterocycles. The number of pyridine rings is 1. The third kappa shape index (κ3) is 5.33. The lowest BCUT2D eigenvalue weighted by Gasteiger charge is -2.22. The SMILES string of the molecule is CC(N)C(CCC(COP=O)C(=O)O)c1ccncc1. The summed E-state index contributed by atoms with van der Waals surface area (Å²) in [4.78, 5) is 15.1. The van der Waals surface area contributed by atoms with Crippen LogP contribution in [0.5, 0.6) is 0 Å². The molecule has 20 heavy (non-hydrogen) atoms. The van der Waals surface area contributed by atoms with Crippen molar-refractivity contribution in [2.24, 2.45) is 11.7 Å². The molecule has 3 N–H and O–H groups in total. The molecule has 6 nitrogen and oxygen atoms in total. The first-order valence-electron chi connectivity index (χ1n) is 6.39. The van der Waals surface area contributed by atoms with Crippen LogP contribution in [0.1, 0.15) is 31.2 Å². The molecule has 0 aliphatic heterocycles. The summed E-state index contributed by atoms with van der Waals surface area (Å²) in [6.45, 7) is 1.83. The molecule has 0 aliphatic rings. The van der Waals surface area contributed by atoms with Crippen molar-refractivity contribution in [2.45, 2.75) is 31.7 Å². The number of carbonyl (C=O) groups is 1. The van der Waals surface area contributed by atoms with Crippen LogP contribution < -0.4 is 5.73 Å². The van der Waals surface area contributed by atoms with Crippen LogP contribution in [0.3, 0.4) is 0 Å². The average molecular weight is 298 g/mol. The number of nitrogens with two attached hydrogens (primary N) is 1. The quantitative estimate of drug-likeness (QED) is 0.678. The van der Waals surface area contributed by atoms with Gasteiger partial charge in [0, 0.05) is 18.4 Å². The number of aromatic nitrogens is 1. The zero-order valence-electron chi connectivity index (χ0n) is 11.3. The summed E-state index contributed by atoms with van der Waals surface area (Å²) >= 11 is 0. The molecular weight excluding hydrogens is 279 g/mol. The number of hydrogen-bond acceptors (Lipinski definition) is 5. The van der Waals surface area contributed by atoms with Gasteiger partial charge in [-0.3, -0.25) is 14.3 Å². The summed E-state index contributed by atoms with van der Waals surface area (Å²) in [5.41, 5.74) is 7.02. The van der Waals surface area contributed by atoms with Crippen molar-refractivity contribution in [1.29, 1.82) is 0 Å². The lowest BCUT2D eigenvalue weighted by molar-refractivity contribution is -0.143. The van der Waals surface area contributed by atoms with Crippen molar-refractivity contribution in [2.75, 3.05) is 6.61 Å². The molecule has 1 rings (SSSR count). The maximum atomic E-state index is 11.1. The molecule has 0 aliphatic carbocycles. The van der Waals surface area contributed by atoms with Crippen LogP contribution in [0.15, 0.2) is 24.5 Å². The van der Waals surface area contributed by atoms with E-state index in [1.807, 2.05) is 19.1 Å². The van der Waals surface area contributed by atoms with Gasteiger partial charge in [-0.2, -0.15) is 0 Å². The Bertz CT molecular complexity index is 428. The van der Waals surface area contributed by atoms with Gasteiger partial charge in [0.25, 0.3) is 0 Å². The van der Waals surface area contributed by atoms with Gasteiger partial charge >= 0.3 is 14.7 Å². The summed E-state index contributed by atoms with van der Waals surface area (Å²) in [5.74, 6) is -1.57. The molecule has 0 saturated heterocycles. The highest BCUT2D eigenvalue weighted by Crippen LogP contribution is 2.26. The van der Waals surface area contributed by atoms with Crippen LogP contribution in [0.4, 0.5) is 0 Å². The summed E-state index contributed by atoms with van der Waals surface area (Å²) in [6, 6.07) is 3.68. The van der Waals surface area contributed by atoms with E-state index in [4.69, 9.17) is 10.8 Å². The van der Waals surface area contributed by atoms with Crippen LogP contribution in [0.25, 0.3) is 0 Å². The van der Waals surface area contributed by atoms with E-state index in [1.54, 1.807) is 12.4 Å². The molecule has 1 aromatic rings. The number of aliphatic carboxylic acids is 1. The van der Waals surface area contributed by atoms with E-state index in [0.717, 1.165) is 5.56 Å². The smallest absolute Gasteiger partial charge is 0.327 e. The van der Waals surface area contributed by atoms with Crippen molar-refractivity contribution >= 4 is 14.7 Å². The van der Waals surface area contributed by atoms with Crippen molar-refractivity contribution in [3.05, 3.63) is 30.1 Å². The number of carboxylic acid groups (broad SMARTS) is 1. The van der Waals surface area contributed by atoms with Gasteiger partial charge in [-0.15, -0.1) is 0 Å². The molecule has 0 spiro atoms. The normalized spacial score (nSPS) is 15.7. The van der Waals surface area contributed by atoms with E-state index in [9.17, 15) is 9.36 Å². The predicted octanol–water partition coefficient (Wildman–Crippen LogP) is 2.22. The number of hydrogen-bond donors (Lipinski definition) is 2. The second-order valence-electron chi connectivity index (χ2n) is 4.73. The minimum Gasteiger partial charge on any atom is -0.481 e. The molecule has 3 unspecified atom stereocenters. The van der Waals surface area contributed by atoms with Crippen LogP contribution in [0, 0.1) is 5.92 Å². The van der Waals surface area contributed by atoms with Crippen LogP contribution in [-0.2, 0) is 13.9 Å². The molecule has 7 heteroatoms. The highest BCUT2D eigenvalue weighted by molar-refractivity contribution is 7.17. The van der Waals surface area contributed by atoms with E-state index in [1.165, 1.54) is 0 Å². The first-order chi connectivity index (χ1) is 9.56. The molecule has 0 bridgehead atoms. The van der Waals surface area contributed by atoms with E-state index in [-0.39, 0.29) is 18.6 Å². The Labute approximate surface area is 119 Å². The van der Waals surface area contributed by atoms with Gasteiger partial charge in [0.15, 0.2) is 0 Å². The van der Waals surface area contributed by atoms with E-state index >= 15 is 0 Å². The molecular formula is C13H19N2O4P. The Kier molecular flexibility index (Phi) is 7.30. The Hall–Kier alpha value is -1.36. The van der Waals surface area contributed by atoms with Gasteiger partial charge in [0.05, 0.1) is 12.5 Å². The van der Waals surface area contributed by atoms with Crippen molar-refractivity contribution in [3.63, 3.8) is 0 Å². The Morgan fingerprint density at radius 1 is 1.45 bits per heavy atom. The molecule has 3 atom stereocenters. The molecule has 0 radical (unpaired) electrons. The first kappa shape index (κ1) is 16.7. The standard InChI is InChI=1S/C13H19N2O4P/c1-9(14)12(10-4-6-15-7-5-10)3-2-11(13(16)17)8-19-20-18/h4-7,9,11-12H,2-3,8,14H2,1H3,(H,16,17). The largest absolute Gasteiger partial charge is 0.481 e. The fourth-order valence-corrected chi connectivity index (χ4v) is 2.36. The van der Waals surface area contributed by atoms with Crippen molar-refractivity contribution in [1.82, 2.24) is 4.98 Å². The van der Waals surface area contributed by atoms with Gasteiger partial charge < -0.3 is 10.8 Å². The van der Waals surface area contributed by atoms with Gasteiger partial charge in [0.1, 0.15) is 0 Å². The van der Waals surface area contributed by atoms with Gasteiger partial charge in [-0.1, -0.05) is 0 Å². The van der Waals surface area contributed by atoms with Crippen molar-refractivity contribution in [3.8, 4) is 0 Å². The summed E-state index contributed by atoms with van der Waals surface area (Å²) in [7, 11) is -0.499. The maximum absolute atomic E-state index is 11.1. The molecule has 0 amide bonds. The van der Waals surface area contributed by atoms with Gasteiger partial charge in [0.2, 0.25) is 0 Å². The third-order valence-corrected chi connectivity index (χ3v) is 3.53. The highest BCUT2D eigenvalue weighted by atomic mass is 31.1. The second kappa shape index (κ2) is 8.74. The van der Waals surface area contributed by atoms with E-state index < -0.39 is 20.6 Å². The van der Waals surface area contributed by atoms with Crippen LogP contribution in [-0.4, -0.2) is 28.7 Å². The fraction of sp³-hybridized carbons (Fsp3) is 0.538. The monoisotopic (exact) mass is 298 g/mol. The topological polar surface area (TPSA) is 103 Å². The minimum atomic E-state index is -0.952. The lowest BCUT2D eigenvalue weighted by Crippen LogP contribution is -2.27. The maximum Gasteiger partial charge on any atom is 0.327 e. The number of rotatable bonds is 9. The Balaban J connectivity index is 2.66. The van der Waals surface area contributed by atoms with E-state index in [2.05, 4.69) is 9.51 Å². The molecule has 1 heterocycles. The average Bonchev–Trinajstić information content (AvgIpc) is 2.42. The molecule has 0 saturated carbocycles. The van der Waals surface area contributed by atoms with E-state index in [0.29, 0.717) is 12.8 Å². The Morgan fingerprint density at radius 2 is 2.10 bits per heavy atom. The molecule has 110 valence electrons. The minimum absolute atomic E-state index is 0.0599. The summed E-state index contributed by atoms with van der Waals surface area (Å²) < 4.78 is 14.9. The lowest BCUT2D eigenvalue weighted by atomic mass is 9.86. The van der Waals surface area contributed by atoms with Gasteiger partial charge in [-0.05, 0) is 43.4 Å². The second-order valence-corrected chi connectivity index (χ2v) is 5.14. The zero-order valence-corrected chi connectivity index (χ0v) is 12.2. The van der Waals surface area contributed by atoms with Crippen LogP contribution >= 0.6 is 8.69 Å². The predicted molar refractivity (Wildman–Crippen MR) is 74.5 cm³/mol. The highest BCUT2D eigenvalue weighted by Gasteiger charge is 2.22. The summed E-state index contributed by atoms with van der Waals surface area (Å²) in [6.07, 6.45) is 4.43. The molecule has 0 fully saturated rings. The third-order valence-electron chi connectivity index (χ3n) is 3.27. The van der Waals surface area contributed by atoms with Gasteiger partial charge in [-0.25, -0.2) is 4.57 Å². The summed E-state index contributed by atoms with van der Waals surface area (Å²) in [5, 5.41) is 9.10. The molecule has 0 aromatic carbocycles. The van der Waals surface area contributed by atoms with Crippen LogP contribution in [0.2, 0.25) is 0 Å². The number of nitrogens with zero attached hydrogens (tertiary/aromatic N) is 1. The Morgan fingerprint density at radius 3 is 2.60 bits per heavy atom. The zero-order chi connectivity index (χ0) is 15.0. The first-order valence-corrected chi connectivity index (χ1v) is 7.12. The fourth-order valence-electron chi connectivity index (χ4n) is 2.12. The number of carboxylic acids is 1.